The molecular weight excluding hydrogens is 284 g/mol. The fourth-order valence-electron chi connectivity index (χ4n) is 1.53. The number of hydrogen-bond donors (Lipinski definition) is 2. The third kappa shape index (κ3) is 3.72. The molecule has 2 amide bonds. The maximum Gasteiger partial charge on any atom is 0.323 e. The van der Waals surface area contributed by atoms with E-state index in [4.69, 9.17) is 0 Å². The van der Waals surface area contributed by atoms with E-state index < -0.39 is 22.6 Å². The molecule has 0 radical (unpaired) electrons. The lowest BCUT2D eigenvalue weighted by atomic mass is 10.3. The van der Waals surface area contributed by atoms with Crippen LogP contribution in [0.2, 0.25) is 0 Å². The summed E-state index contributed by atoms with van der Waals surface area (Å²) < 4.78 is 25.7. The first-order valence-corrected chi connectivity index (χ1v) is 5.73. The summed E-state index contributed by atoms with van der Waals surface area (Å²) in [5.74, 6) is -2.10. The Morgan fingerprint density at radius 3 is 2.10 bits per heavy atom. The van der Waals surface area contributed by atoms with Gasteiger partial charge in [0, 0.05) is 29.6 Å². The molecule has 2 rings (SSSR count). The molecule has 8 heteroatoms. The van der Waals surface area contributed by atoms with Crippen molar-refractivity contribution in [1.29, 1.82) is 0 Å². The number of anilines is 2. The van der Waals surface area contributed by atoms with Crippen molar-refractivity contribution in [2.45, 2.75) is 0 Å². The summed E-state index contributed by atoms with van der Waals surface area (Å²) in [7, 11) is 0. The van der Waals surface area contributed by atoms with E-state index in [0.717, 1.165) is 12.1 Å². The SMILES string of the molecule is O=C(Nc1ccc([N+](=O)[O-])cc1)Nc1ccc(F)c(F)c1. The van der Waals surface area contributed by atoms with Gasteiger partial charge in [-0.05, 0) is 24.3 Å². The minimum atomic E-state index is -1.08. The highest BCUT2D eigenvalue weighted by Gasteiger charge is 2.08. The number of amides is 2. The Balaban J connectivity index is 2.01. The number of urea groups is 1. The monoisotopic (exact) mass is 293 g/mol. The summed E-state index contributed by atoms with van der Waals surface area (Å²) >= 11 is 0. The minimum Gasteiger partial charge on any atom is -0.308 e. The number of nitro benzene ring substituents is 1. The van der Waals surface area contributed by atoms with Crippen LogP contribution >= 0.6 is 0 Å². The second-order valence-electron chi connectivity index (χ2n) is 4.01. The van der Waals surface area contributed by atoms with Crippen LogP contribution in [-0.2, 0) is 0 Å². The van der Waals surface area contributed by atoms with Gasteiger partial charge in [-0.3, -0.25) is 10.1 Å². The fraction of sp³-hybridized carbons (Fsp3) is 0. The highest BCUT2D eigenvalue weighted by atomic mass is 19.2. The minimum absolute atomic E-state index is 0.0771. The van der Waals surface area contributed by atoms with Gasteiger partial charge < -0.3 is 10.6 Å². The van der Waals surface area contributed by atoms with Crippen LogP contribution in [0.5, 0.6) is 0 Å². The Labute approximate surface area is 117 Å². The van der Waals surface area contributed by atoms with E-state index in [9.17, 15) is 23.7 Å². The first kappa shape index (κ1) is 14.4. The summed E-state index contributed by atoms with van der Waals surface area (Å²) in [6.07, 6.45) is 0. The number of carbonyl (C=O) groups excluding carboxylic acids is 1. The Morgan fingerprint density at radius 2 is 1.52 bits per heavy atom. The number of halogens is 2. The molecule has 0 aliphatic heterocycles. The van der Waals surface area contributed by atoms with E-state index in [-0.39, 0.29) is 11.4 Å². The highest BCUT2D eigenvalue weighted by Crippen LogP contribution is 2.16. The molecule has 6 nitrogen and oxygen atoms in total. The third-order valence-corrected chi connectivity index (χ3v) is 2.51. The topological polar surface area (TPSA) is 84.3 Å². The predicted molar refractivity (Wildman–Crippen MR) is 72.1 cm³/mol. The van der Waals surface area contributed by atoms with Gasteiger partial charge in [-0.25, -0.2) is 13.6 Å². The maximum absolute atomic E-state index is 13.0. The smallest absolute Gasteiger partial charge is 0.308 e. The lowest BCUT2D eigenvalue weighted by Gasteiger charge is -2.07. The molecule has 0 unspecified atom stereocenters. The van der Waals surface area contributed by atoms with E-state index in [1.54, 1.807) is 0 Å². The fourth-order valence-corrected chi connectivity index (χ4v) is 1.53. The zero-order chi connectivity index (χ0) is 15.4. The average Bonchev–Trinajstić information content (AvgIpc) is 2.43. The van der Waals surface area contributed by atoms with Gasteiger partial charge in [0.15, 0.2) is 11.6 Å². The van der Waals surface area contributed by atoms with Crippen LogP contribution in [0.1, 0.15) is 0 Å². The van der Waals surface area contributed by atoms with Gasteiger partial charge in [-0.1, -0.05) is 0 Å². The number of rotatable bonds is 3. The van der Waals surface area contributed by atoms with Crippen molar-refractivity contribution in [1.82, 2.24) is 0 Å². The molecule has 2 aromatic rings. The van der Waals surface area contributed by atoms with Crippen LogP contribution in [0.15, 0.2) is 42.5 Å². The Kier molecular flexibility index (Phi) is 4.07. The summed E-state index contributed by atoms with van der Waals surface area (Å²) in [4.78, 5) is 21.5. The first-order chi connectivity index (χ1) is 9.95. The standard InChI is InChI=1S/C13H9F2N3O3/c14-11-6-3-9(7-12(11)15)17-13(19)16-8-1-4-10(5-2-8)18(20)21/h1-7H,(H2,16,17,19). The molecule has 0 bridgehead atoms. The normalized spacial score (nSPS) is 10.0. The van der Waals surface area contributed by atoms with Gasteiger partial charge >= 0.3 is 6.03 Å². The lowest BCUT2D eigenvalue weighted by molar-refractivity contribution is -0.384. The highest BCUT2D eigenvalue weighted by molar-refractivity contribution is 5.99. The zero-order valence-corrected chi connectivity index (χ0v) is 10.5. The molecular formula is C13H9F2N3O3. The molecule has 0 aliphatic carbocycles. The number of nitrogens with one attached hydrogen (secondary N) is 2. The van der Waals surface area contributed by atoms with Crippen LogP contribution in [0.25, 0.3) is 0 Å². The number of nitro groups is 1. The van der Waals surface area contributed by atoms with Crippen LogP contribution in [0, 0.1) is 21.7 Å². The third-order valence-electron chi connectivity index (χ3n) is 2.51. The van der Waals surface area contributed by atoms with Gasteiger partial charge in [-0.2, -0.15) is 0 Å². The van der Waals surface area contributed by atoms with Crippen LogP contribution in [0.4, 0.5) is 30.6 Å². The van der Waals surface area contributed by atoms with E-state index in [2.05, 4.69) is 10.6 Å². The average molecular weight is 293 g/mol. The molecule has 21 heavy (non-hydrogen) atoms. The number of benzene rings is 2. The van der Waals surface area contributed by atoms with Crippen molar-refractivity contribution >= 4 is 23.1 Å². The molecule has 2 aromatic carbocycles. The molecule has 0 atom stereocenters. The Morgan fingerprint density at radius 1 is 0.952 bits per heavy atom. The van der Waals surface area contributed by atoms with Gasteiger partial charge in [0.1, 0.15) is 0 Å². The number of non-ortho nitro benzene ring substituents is 1. The second kappa shape index (κ2) is 5.95. The molecule has 0 fully saturated rings. The van der Waals surface area contributed by atoms with Crippen LogP contribution in [-0.4, -0.2) is 11.0 Å². The first-order valence-electron chi connectivity index (χ1n) is 5.73. The van der Waals surface area contributed by atoms with Crippen molar-refractivity contribution in [2.75, 3.05) is 10.6 Å². The molecule has 0 saturated carbocycles. The second-order valence-corrected chi connectivity index (χ2v) is 4.01. The molecule has 0 spiro atoms. The quantitative estimate of drug-likeness (QED) is 0.670. The summed E-state index contributed by atoms with van der Waals surface area (Å²) in [6, 6.07) is 7.40. The number of carbonyl (C=O) groups is 1. The summed E-state index contributed by atoms with van der Waals surface area (Å²) in [5, 5.41) is 15.2. The summed E-state index contributed by atoms with van der Waals surface area (Å²) in [6.45, 7) is 0. The lowest BCUT2D eigenvalue weighted by Crippen LogP contribution is -2.19. The van der Waals surface area contributed by atoms with Gasteiger partial charge in [0.25, 0.3) is 5.69 Å². The van der Waals surface area contributed by atoms with Gasteiger partial charge in [0.2, 0.25) is 0 Å². The largest absolute Gasteiger partial charge is 0.323 e. The van der Waals surface area contributed by atoms with Crippen molar-refractivity contribution in [3.05, 3.63) is 64.2 Å². The Bertz CT molecular complexity index is 690. The molecule has 108 valence electrons. The molecule has 0 aliphatic rings. The maximum atomic E-state index is 13.0. The van der Waals surface area contributed by atoms with Gasteiger partial charge in [0.05, 0.1) is 4.92 Å². The van der Waals surface area contributed by atoms with Crippen LogP contribution in [0.3, 0.4) is 0 Å². The van der Waals surface area contributed by atoms with Crippen molar-refractivity contribution in [3.63, 3.8) is 0 Å². The Hall–Kier alpha value is -3.03. The van der Waals surface area contributed by atoms with E-state index >= 15 is 0 Å². The predicted octanol–water partition coefficient (Wildman–Crippen LogP) is 3.52. The summed E-state index contributed by atoms with van der Waals surface area (Å²) in [5.41, 5.74) is 0.288. The van der Waals surface area contributed by atoms with E-state index in [0.29, 0.717) is 5.69 Å². The number of nitrogens with zero attached hydrogens (tertiary/aromatic N) is 1. The number of hydrogen-bond acceptors (Lipinski definition) is 3. The molecule has 0 saturated heterocycles. The molecule has 0 aromatic heterocycles. The van der Waals surface area contributed by atoms with Crippen molar-refractivity contribution in [2.24, 2.45) is 0 Å². The molecule has 2 N–H and O–H groups in total. The van der Waals surface area contributed by atoms with Crippen molar-refractivity contribution < 1.29 is 18.5 Å². The van der Waals surface area contributed by atoms with E-state index in [1.165, 1.54) is 30.3 Å². The van der Waals surface area contributed by atoms with E-state index in [1.807, 2.05) is 0 Å². The molecule has 0 heterocycles. The van der Waals surface area contributed by atoms with Crippen molar-refractivity contribution in [3.8, 4) is 0 Å². The van der Waals surface area contributed by atoms with Gasteiger partial charge in [-0.15, -0.1) is 0 Å². The van der Waals surface area contributed by atoms with Crippen LogP contribution < -0.4 is 10.6 Å². The zero-order valence-electron chi connectivity index (χ0n) is 10.5.